The molecule has 0 aliphatic rings. The Balaban J connectivity index is 2.13. The fourth-order valence-corrected chi connectivity index (χ4v) is 1.96. The molecule has 6 heteroatoms. The van der Waals surface area contributed by atoms with Crippen molar-refractivity contribution >= 4 is 22.2 Å². The van der Waals surface area contributed by atoms with Crippen LogP contribution in [0.4, 0.5) is 24.0 Å². The molecule has 0 unspecified atom stereocenters. The van der Waals surface area contributed by atoms with E-state index in [1.807, 2.05) is 6.92 Å². The number of hydrogen-bond acceptors (Lipinski definition) is 3. The average Bonchev–Trinajstić information content (AvgIpc) is 2.63. The van der Waals surface area contributed by atoms with Crippen molar-refractivity contribution in [1.82, 2.24) is 4.98 Å². The molecule has 0 bridgehead atoms. The molecule has 0 aliphatic carbocycles. The molecule has 2 aromatic rings. The van der Waals surface area contributed by atoms with Gasteiger partial charge in [0.25, 0.3) is 0 Å². The highest BCUT2D eigenvalue weighted by atomic mass is 32.1. The summed E-state index contributed by atoms with van der Waals surface area (Å²) in [7, 11) is 0. The number of alkyl halides is 3. The van der Waals surface area contributed by atoms with Crippen molar-refractivity contribution in [3.05, 3.63) is 40.9 Å². The van der Waals surface area contributed by atoms with Crippen molar-refractivity contribution in [3.63, 3.8) is 0 Å². The van der Waals surface area contributed by atoms with E-state index in [1.165, 1.54) is 23.5 Å². The predicted molar refractivity (Wildman–Crippen MR) is 61.6 cm³/mol. The van der Waals surface area contributed by atoms with Gasteiger partial charge in [-0.05, 0) is 31.2 Å². The number of benzene rings is 1. The Labute approximate surface area is 100 Å². The molecule has 2 nitrogen and oxygen atoms in total. The van der Waals surface area contributed by atoms with Gasteiger partial charge in [0.2, 0.25) is 0 Å². The monoisotopic (exact) mass is 258 g/mol. The van der Waals surface area contributed by atoms with Crippen molar-refractivity contribution in [2.24, 2.45) is 0 Å². The van der Waals surface area contributed by atoms with Crippen molar-refractivity contribution in [2.75, 3.05) is 5.32 Å². The molecule has 0 saturated carbocycles. The fourth-order valence-electron chi connectivity index (χ4n) is 1.28. The summed E-state index contributed by atoms with van der Waals surface area (Å²) >= 11 is 1.45. The Morgan fingerprint density at radius 3 is 2.29 bits per heavy atom. The van der Waals surface area contributed by atoms with Gasteiger partial charge in [0.05, 0.1) is 5.56 Å². The number of nitrogens with zero attached hydrogens (tertiary/aromatic N) is 1. The number of thiazole rings is 1. The van der Waals surface area contributed by atoms with E-state index in [0.717, 1.165) is 17.0 Å². The highest BCUT2D eigenvalue weighted by molar-refractivity contribution is 7.15. The number of nitrogens with one attached hydrogen (secondary N) is 1. The molecule has 17 heavy (non-hydrogen) atoms. The molecule has 1 N–H and O–H groups in total. The van der Waals surface area contributed by atoms with E-state index in [1.54, 1.807) is 6.20 Å². The second-order valence-electron chi connectivity index (χ2n) is 3.48. The Morgan fingerprint density at radius 1 is 1.18 bits per heavy atom. The summed E-state index contributed by atoms with van der Waals surface area (Å²) in [6.45, 7) is 1.91. The van der Waals surface area contributed by atoms with E-state index in [9.17, 15) is 13.2 Å². The van der Waals surface area contributed by atoms with Crippen LogP contribution in [0.2, 0.25) is 0 Å². The van der Waals surface area contributed by atoms with E-state index in [-0.39, 0.29) is 0 Å². The van der Waals surface area contributed by atoms with Crippen molar-refractivity contribution in [1.29, 1.82) is 0 Å². The molecular formula is C11H9F3N2S. The molecule has 0 atom stereocenters. The van der Waals surface area contributed by atoms with Gasteiger partial charge in [0, 0.05) is 16.8 Å². The summed E-state index contributed by atoms with van der Waals surface area (Å²) in [4.78, 5) is 5.11. The Hall–Kier alpha value is -1.56. The summed E-state index contributed by atoms with van der Waals surface area (Å²) in [6.07, 6.45) is -2.59. The summed E-state index contributed by atoms with van der Waals surface area (Å²) in [5, 5.41) is 3.61. The van der Waals surface area contributed by atoms with E-state index in [0.29, 0.717) is 10.8 Å². The number of rotatable bonds is 2. The number of aryl methyl sites for hydroxylation is 1. The largest absolute Gasteiger partial charge is 0.416 e. The van der Waals surface area contributed by atoms with E-state index in [2.05, 4.69) is 10.3 Å². The fraction of sp³-hybridized carbons (Fsp3) is 0.182. The van der Waals surface area contributed by atoms with Crippen LogP contribution in [-0.4, -0.2) is 4.98 Å². The minimum atomic E-state index is -4.30. The molecule has 0 radical (unpaired) electrons. The molecule has 90 valence electrons. The topological polar surface area (TPSA) is 24.9 Å². The summed E-state index contributed by atoms with van der Waals surface area (Å²) < 4.78 is 37.0. The Kier molecular flexibility index (Phi) is 3.06. The van der Waals surface area contributed by atoms with Gasteiger partial charge in [-0.15, -0.1) is 11.3 Å². The zero-order chi connectivity index (χ0) is 12.5. The second kappa shape index (κ2) is 4.37. The van der Waals surface area contributed by atoms with Gasteiger partial charge in [0.1, 0.15) is 0 Å². The number of halogens is 3. The third-order valence-electron chi connectivity index (χ3n) is 2.08. The first-order valence-electron chi connectivity index (χ1n) is 4.82. The second-order valence-corrected chi connectivity index (χ2v) is 4.71. The van der Waals surface area contributed by atoms with Crippen LogP contribution in [0.1, 0.15) is 10.4 Å². The molecule has 0 fully saturated rings. The highest BCUT2D eigenvalue weighted by Gasteiger charge is 2.29. The van der Waals surface area contributed by atoms with Crippen LogP contribution in [0.5, 0.6) is 0 Å². The molecule has 1 aromatic heterocycles. The van der Waals surface area contributed by atoms with Gasteiger partial charge in [-0.3, -0.25) is 0 Å². The molecule has 0 spiro atoms. The minimum absolute atomic E-state index is 0.590. The molecule has 1 heterocycles. The first-order chi connectivity index (χ1) is 7.95. The third-order valence-corrected chi connectivity index (χ3v) is 2.91. The van der Waals surface area contributed by atoms with Crippen LogP contribution in [0.3, 0.4) is 0 Å². The molecule has 0 aliphatic heterocycles. The Bertz CT molecular complexity index is 502. The van der Waals surface area contributed by atoms with Gasteiger partial charge in [-0.25, -0.2) is 4.98 Å². The van der Waals surface area contributed by atoms with Crippen LogP contribution in [0.15, 0.2) is 30.5 Å². The lowest BCUT2D eigenvalue weighted by Gasteiger charge is -2.07. The Morgan fingerprint density at radius 2 is 1.82 bits per heavy atom. The lowest BCUT2D eigenvalue weighted by Crippen LogP contribution is -2.04. The van der Waals surface area contributed by atoms with Crippen molar-refractivity contribution in [2.45, 2.75) is 13.1 Å². The van der Waals surface area contributed by atoms with Crippen LogP contribution < -0.4 is 5.32 Å². The first-order valence-corrected chi connectivity index (χ1v) is 5.63. The van der Waals surface area contributed by atoms with Gasteiger partial charge in [0.15, 0.2) is 5.13 Å². The van der Waals surface area contributed by atoms with E-state index >= 15 is 0 Å². The number of anilines is 2. The number of hydrogen-bond donors (Lipinski definition) is 1. The third kappa shape index (κ3) is 2.97. The summed E-state index contributed by atoms with van der Waals surface area (Å²) in [5.74, 6) is 0. The predicted octanol–water partition coefficient (Wildman–Crippen LogP) is 4.21. The van der Waals surface area contributed by atoms with Gasteiger partial charge in [-0.2, -0.15) is 13.2 Å². The highest BCUT2D eigenvalue weighted by Crippen LogP contribution is 2.30. The van der Waals surface area contributed by atoms with Crippen molar-refractivity contribution < 1.29 is 13.2 Å². The quantitative estimate of drug-likeness (QED) is 0.872. The standard InChI is InChI=1S/C11H9F3N2S/c1-7-6-15-10(17-7)16-9-4-2-8(3-5-9)11(12,13)14/h2-6H,1H3,(H,15,16). The minimum Gasteiger partial charge on any atom is -0.332 e. The zero-order valence-corrected chi connectivity index (χ0v) is 9.69. The van der Waals surface area contributed by atoms with Crippen LogP contribution >= 0.6 is 11.3 Å². The van der Waals surface area contributed by atoms with Crippen LogP contribution in [0.25, 0.3) is 0 Å². The SMILES string of the molecule is Cc1cnc(Nc2ccc(C(F)(F)F)cc2)s1. The van der Waals surface area contributed by atoms with Gasteiger partial charge < -0.3 is 5.32 Å². The molecule has 2 rings (SSSR count). The molecule has 1 aromatic carbocycles. The smallest absolute Gasteiger partial charge is 0.332 e. The maximum absolute atomic E-state index is 12.3. The maximum Gasteiger partial charge on any atom is 0.416 e. The van der Waals surface area contributed by atoms with Crippen LogP contribution in [-0.2, 0) is 6.18 Å². The van der Waals surface area contributed by atoms with E-state index < -0.39 is 11.7 Å². The lowest BCUT2D eigenvalue weighted by molar-refractivity contribution is -0.137. The molecule has 0 amide bonds. The summed E-state index contributed by atoms with van der Waals surface area (Å²) in [6, 6.07) is 4.87. The van der Waals surface area contributed by atoms with Gasteiger partial charge >= 0.3 is 6.18 Å². The maximum atomic E-state index is 12.3. The average molecular weight is 258 g/mol. The summed E-state index contributed by atoms with van der Waals surface area (Å²) in [5.41, 5.74) is -0.0641. The molecule has 0 saturated heterocycles. The molecular weight excluding hydrogens is 249 g/mol. The van der Waals surface area contributed by atoms with Crippen LogP contribution in [0, 0.1) is 6.92 Å². The van der Waals surface area contributed by atoms with E-state index in [4.69, 9.17) is 0 Å². The normalized spacial score (nSPS) is 11.5. The van der Waals surface area contributed by atoms with Gasteiger partial charge in [-0.1, -0.05) is 0 Å². The van der Waals surface area contributed by atoms with Crippen molar-refractivity contribution in [3.8, 4) is 0 Å². The first kappa shape index (κ1) is 11.9. The zero-order valence-electron chi connectivity index (χ0n) is 8.88. The lowest BCUT2D eigenvalue weighted by atomic mass is 10.2. The number of aromatic nitrogens is 1.